The van der Waals surface area contributed by atoms with Crippen molar-refractivity contribution in [1.29, 1.82) is 0 Å². The van der Waals surface area contributed by atoms with Gasteiger partial charge >= 0.3 is 0 Å². The van der Waals surface area contributed by atoms with E-state index in [2.05, 4.69) is 51.2 Å². The number of nitrogens with one attached hydrogen (secondary N) is 1. The molecule has 0 aromatic rings. The van der Waals surface area contributed by atoms with Gasteiger partial charge in [0, 0.05) is 11.6 Å². The van der Waals surface area contributed by atoms with Gasteiger partial charge in [-0.1, -0.05) is 6.42 Å². The SMILES string of the molecule is CSCCC(C)N(C)CCCCCNC(C)(C)C. The second kappa shape index (κ2) is 10.1. The smallest absolute Gasteiger partial charge is 0.00965 e. The Hall–Kier alpha value is 0.270. The first-order valence-electron chi connectivity index (χ1n) is 7.31. The van der Waals surface area contributed by atoms with Crippen molar-refractivity contribution in [3.8, 4) is 0 Å². The van der Waals surface area contributed by atoms with Crippen molar-refractivity contribution in [2.45, 2.75) is 65.0 Å². The van der Waals surface area contributed by atoms with Crippen LogP contribution in [0.4, 0.5) is 0 Å². The van der Waals surface area contributed by atoms with Gasteiger partial charge in [-0.25, -0.2) is 0 Å². The molecule has 3 heteroatoms. The van der Waals surface area contributed by atoms with Gasteiger partial charge in [0.25, 0.3) is 0 Å². The third kappa shape index (κ3) is 11.4. The molecule has 1 N–H and O–H groups in total. The predicted octanol–water partition coefficient (Wildman–Crippen LogP) is 3.62. The highest BCUT2D eigenvalue weighted by Gasteiger charge is 2.09. The number of thioether (sulfide) groups is 1. The maximum atomic E-state index is 3.54. The fourth-order valence-corrected chi connectivity index (χ4v) is 2.43. The molecule has 0 saturated carbocycles. The molecule has 0 amide bonds. The lowest BCUT2D eigenvalue weighted by Gasteiger charge is -2.24. The van der Waals surface area contributed by atoms with E-state index in [1.165, 1.54) is 38.0 Å². The summed E-state index contributed by atoms with van der Waals surface area (Å²) < 4.78 is 0. The minimum atomic E-state index is 0.267. The van der Waals surface area contributed by atoms with Crippen LogP contribution in [0.3, 0.4) is 0 Å². The van der Waals surface area contributed by atoms with Crippen LogP contribution in [-0.2, 0) is 0 Å². The number of rotatable bonds is 10. The fourth-order valence-electron chi connectivity index (χ4n) is 1.86. The molecule has 18 heavy (non-hydrogen) atoms. The third-order valence-corrected chi connectivity index (χ3v) is 3.98. The molecule has 0 aromatic carbocycles. The predicted molar refractivity (Wildman–Crippen MR) is 86.7 cm³/mol. The monoisotopic (exact) mass is 274 g/mol. The topological polar surface area (TPSA) is 15.3 Å². The first-order chi connectivity index (χ1) is 8.37. The summed E-state index contributed by atoms with van der Waals surface area (Å²) >= 11 is 1.95. The van der Waals surface area contributed by atoms with Crippen LogP contribution in [0.15, 0.2) is 0 Å². The van der Waals surface area contributed by atoms with E-state index >= 15 is 0 Å². The average Bonchev–Trinajstić information content (AvgIpc) is 2.28. The first kappa shape index (κ1) is 18.3. The molecule has 0 aromatic heterocycles. The van der Waals surface area contributed by atoms with E-state index < -0.39 is 0 Å². The molecule has 0 radical (unpaired) electrons. The van der Waals surface area contributed by atoms with E-state index in [0.717, 1.165) is 12.6 Å². The largest absolute Gasteiger partial charge is 0.312 e. The first-order valence-corrected chi connectivity index (χ1v) is 8.70. The summed E-state index contributed by atoms with van der Waals surface area (Å²) in [5, 5.41) is 3.54. The lowest BCUT2D eigenvalue weighted by atomic mass is 10.1. The van der Waals surface area contributed by atoms with Crippen LogP contribution in [0.2, 0.25) is 0 Å². The Morgan fingerprint density at radius 1 is 1.17 bits per heavy atom. The van der Waals surface area contributed by atoms with E-state index in [4.69, 9.17) is 0 Å². The van der Waals surface area contributed by atoms with E-state index in [1.54, 1.807) is 0 Å². The molecule has 0 bridgehead atoms. The summed E-state index contributed by atoms with van der Waals surface area (Å²) in [6, 6.07) is 0.727. The molecular weight excluding hydrogens is 240 g/mol. The van der Waals surface area contributed by atoms with Gasteiger partial charge in [0.15, 0.2) is 0 Å². The quantitative estimate of drug-likeness (QED) is 0.613. The number of hydrogen-bond donors (Lipinski definition) is 1. The molecular formula is C15H34N2S. The van der Waals surface area contributed by atoms with Crippen LogP contribution in [0.25, 0.3) is 0 Å². The van der Waals surface area contributed by atoms with E-state index in [1.807, 2.05) is 11.8 Å². The molecule has 1 atom stereocenters. The van der Waals surface area contributed by atoms with Gasteiger partial charge in [-0.05, 0) is 79.1 Å². The van der Waals surface area contributed by atoms with E-state index in [-0.39, 0.29) is 5.54 Å². The van der Waals surface area contributed by atoms with Crippen molar-refractivity contribution < 1.29 is 0 Å². The van der Waals surface area contributed by atoms with Gasteiger partial charge in [0.1, 0.15) is 0 Å². The molecule has 2 nitrogen and oxygen atoms in total. The third-order valence-electron chi connectivity index (χ3n) is 3.34. The van der Waals surface area contributed by atoms with Gasteiger partial charge < -0.3 is 10.2 Å². The molecule has 1 unspecified atom stereocenters. The van der Waals surface area contributed by atoms with Crippen LogP contribution in [0.5, 0.6) is 0 Å². The summed E-state index contributed by atoms with van der Waals surface area (Å²) in [6.07, 6.45) is 7.46. The Morgan fingerprint density at radius 3 is 2.39 bits per heavy atom. The summed E-state index contributed by atoms with van der Waals surface area (Å²) in [5.41, 5.74) is 0.267. The maximum absolute atomic E-state index is 3.54. The average molecular weight is 275 g/mol. The molecule has 0 aliphatic heterocycles. The Labute approximate surface area is 119 Å². The van der Waals surface area contributed by atoms with Crippen LogP contribution in [0.1, 0.15) is 53.4 Å². The second-order valence-electron chi connectivity index (χ2n) is 6.35. The molecule has 110 valence electrons. The number of hydrogen-bond acceptors (Lipinski definition) is 3. The lowest BCUT2D eigenvalue weighted by molar-refractivity contribution is 0.247. The summed E-state index contributed by atoms with van der Waals surface area (Å²) in [7, 11) is 2.26. The Kier molecular flexibility index (Phi) is 10.3. The van der Waals surface area contributed by atoms with Crippen molar-refractivity contribution >= 4 is 11.8 Å². The van der Waals surface area contributed by atoms with Crippen LogP contribution < -0.4 is 5.32 Å². The van der Waals surface area contributed by atoms with Crippen molar-refractivity contribution in [3.63, 3.8) is 0 Å². The van der Waals surface area contributed by atoms with E-state index in [9.17, 15) is 0 Å². The Morgan fingerprint density at radius 2 is 1.83 bits per heavy atom. The maximum Gasteiger partial charge on any atom is 0.00965 e. The molecule has 0 aliphatic rings. The van der Waals surface area contributed by atoms with Crippen molar-refractivity contribution in [3.05, 3.63) is 0 Å². The van der Waals surface area contributed by atoms with Gasteiger partial charge in [-0.3, -0.25) is 0 Å². The van der Waals surface area contributed by atoms with Crippen LogP contribution >= 0.6 is 11.8 Å². The fraction of sp³-hybridized carbons (Fsp3) is 1.00. The molecule has 0 fully saturated rings. The number of nitrogens with zero attached hydrogens (tertiary/aromatic N) is 1. The molecule has 0 spiro atoms. The highest BCUT2D eigenvalue weighted by Crippen LogP contribution is 2.08. The minimum Gasteiger partial charge on any atom is -0.312 e. The zero-order valence-electron chi connectivity index (χ0n) is 13.4. The highest BCUT2D eigenvalue weighted by molar-refractivity contribution is 7.98. The van der Waals surface area contributed by atoms with Crippen molar-refractivity contribution in [2.24, 2.45) is 0 Å². The summed E-state index contributed by atoms with van der Waals surface area (Å²) in [5.74, 6) is 1.28. The summed E-state index contributed by atoms with van der Waals surface area (Å²) in [4.78, 5) is 2.51. The zero-order chi connectivity index (χ0) is 14.0. The normalized spacial score (nSPS) is 14.2. The van der Waals surface area contributed by atoms with Gasteiger partial charge in [0.2, 0.25) is 0 Å². The van der Waals surface area contributed by atoms with Gasteiger partial charge in [-0.2, -0.15) is 11.8 Å². The lowest BCUT2D eigenvalue weighted by Crippen LogP contribution is -2.36. The standard InChI is InChI=1S/C15H34N2S/c1-14(10-13-18-6)17(5)12-9-7-8-11-16-15(2,3)4/h14,16H,7-13H2,1-6H3. The molecule has 0 aliphatic carbocycles. The van der Waals surface area contributed by atoms with E-state index in [0.29, 0.717) is 0 Å². The molecule has 0 heterocycles. The Bertz CT molecular complexity index is 189. The summed E-state index contributed by atoms with van der Waals surface area (Å²) in [6.45, 7) is 11.4. The highest BCUT2D eigenvalue weighted by atomic mass is 32.2. The molecule has 0 saturated heterocycles. The second-order valence-corrected chi connectivity index (χ2v) is 7.33. The minimum absolute atomic E-state index is 0.267. The van der Waals surface area contributed by atoms with Crippen LogP contribution in [0, 0.1) is 0 Å². The molecule has 0 rings (SSSR count). The van der Waals surface area contributed by atoms with Crippen molar-refractivity contribution in [1.82, 2.24) is 10.2 Å². The zero-order valence-corrected chi connectivity index (χ0v) is 14.2. The Balaban J connectivity index is 3.42. The van der Waals surface area contributed by atoms with Crippen LogP contribution in [-0.4, -0.2) is 48.6 Å². The van der Waals surface area contributed by atoms with Crippen molar-refractivity contribution in [2.75, 3.05) is 32.1 Å². The van der Waals surface area contributed by atoms with Gasteiger partial charge in [-0.15, -0.1) is 0 Å². The number of unbranched alkanes of at least 4 members (excludes halogenated alkanes) is 2. The van der Waals surface area contributed by atoms with Gasteiger partial charge in [0.05, 0.1) is 0 Å².